The molecule has 15 nitrogen and oxygen atoms in total. The van der Waals surface area contributed by atoms with Crippen LogP contribution in [-0.2, 0) is 55.6 Å². The number of carbonyl (C=O) groups is 2. The Morgan fingerprint density at radius 3 is 1.42 bits per heavy atom. The van der Waals surface area contributed by atoms with Gasteiger partial charge < -0.3 is 13.9 Å². The van der Waals surface area contributed by atoms with Crippen molar-refractivity contribution in [1.82, 2.24) is 37.4 Å². The van der Waals surface area contributed by atoms with Gasteiger partial charge in [0, 0.05) is 28.2 Å². The number of hydrogen-bond acceptors (Lipinski definition) is 9. The molecule has 4 rings (SSSR count). The van der Waals surface area contributed by atoms with Crippen molar-refractivity contribution in [2.45, 2.75) is 13.1 Å². The van der Waals surface area contributed by atoms with Crippen molar-refractivity contribution < 1.29 is 14.3 Å². The molecule has 0 aliphatic rings. The number of nitrogens with zero attached hydrogens (tertiary/aromatic N) is 8. The molecule has 4 aromatic rings. The molecule has 15 heteroatoms. The van der Waals surface area contributed by atoms with Gasteiger partial charge in [-0.2, -0.15) is 0 Å². The molecule has 0 bridgehead atoms. The van der Waals surface area contributed by atoms with Gasteiger partial charge in [-0.05, 0) is 0 Å². The number of rotatable bonds is 4. The molecule has 0 saturated heterocycles. The topological polar surface area (TPSA) is 167 Å². The second-order valence-corrected chi connectivity index (χ2v) is 7.35. The van der Waals surface area contributed by atoms with Crippen LogP contribution in [0.3, 0.4) is 0 Å². The third-order valence-electron chi connectivity index (χ3n) is 5.26. The average molecular weight is 458 g/mol. The maximum Gasteiger partial charge on any atom is 0.333 e. The molecule has 0 spiro atoms. The van der Waals surface area contributed by atoms with E-state index in [2.05, 4.69) is 9.97 Å². The fraction of sp³-hybridized carbons (Fsp3) is 0.333. The van der Waals surface area contributed by atoms with E-state index in [1.165, 1.54) is 50.0 Å². The highest BCUT2D eigenvalue weighted by molar-refractivity contribution is 5.86. The van der Waals surface area contributed by atoms with Crippen LogP contribution in [0, 0.1) is 0 Å². The molecule has 0 fully saturated rings. The Hall–Kier alpha value is -4.56. The van der Waals surface area contributed by atoms with Gasteiger partial charge in [0.15, 0.2) is 22.3 Å². The summed E-state index contributed by atoms with van der Waals surface area (Å²) in [5.41, 5.74) is -2.32. The van der Waals surface area contributed by atoms with Crippen molar-refractivity contribution in [1.29, 1.82) is 0 Å². The normalized spacial score (nSPS) is 11.4. The van der Waals surface area contributed by atoms with Gasteiger partial charge in [0.1, 0.15) is 13.1 Å². The minimum absolute atomic E-state index is 0.00554. The van der Waals surface area contributed by atoms with Crippen molar-refractivity contribution in [2.75, 3.05) is 0 Å². The highest BCUT2D eigenvalue weighted by Crippen LogP contribution is 2.07. The second-order valence-electron chi connectivity index (χ2n) is 7.35. The number of ether oxygens (including phenoxy) is 1. The first-order valence-corrected chi connectivity index (χ1v) is 9.48. The van der Waals surface area contributed by atoms with E-state index in [1.807, 2.05) is 0 Å². The van der Waals surface area contributed by atoms with E-state index in [1.54, 1.807) is 0 Å². The van der Waals surface area contributed by atoms with Crippen LogP contribution in [0.15, 0.2) is 31.8 Å². The first-order chi connectivity index (χ1) is 15.5. The minimum atomic E-state index is -0.986. The molecule has 0 radical (unpaired) electrons. The Bertz CT molecular complexity index is 1580. The maximum absolute atomic E-state index is 12.4. The highest BCUT2D eigenvalue weighted by Gasteiger charge is 2.20. The van der Waals surface area contributed by atoms with Gasteiger partial charge in [0.2, 0.25) is 0 Å². The summed E-state index contributed by atoms with van der Waals surface area (Å²) in [6.07, 6.45) is 2.37. The third kappa shape index (κ3) is 3.29. The molecule has 33 heavy (non-hydrogen) atoms. The van der Waals surface area contributed by atoms with E-state index in [0.717, 1.165) is 18.3 Å². The summed E-state index contributed by atoms with van der Waals surface area (Å²) < 4.78 is 11.2. The Morgan fingerprint density at radius 2 is 1.06 bits per heavy atom. The summed E-state index contributed by atoms with van der Waals surface area (Å²) in [7, 11) is 5.44. The number of aromatic nitrogens is 8. The molecule has 0 aromatic carbocycles. The van der Waals surface area contributed by atoms with Crippen LogP contribution in [0.1, 0.15) is 0 Å². The smallest absolute Gasteiger partial charge is 0.333 e. The standard InChI is InChI=1S/C18H18N8O7/c1-21-13-11(15(29)23(3)17(21)31)25(7-19-13)5-9(27)33-10(28)6-26-8-20-14-12(26)16(30)24(4)18(32)22(14)2/h7-8H,5-6H2,1-4H3. The van der Waals surface area contributed by atoms with Gasteiger partial charge in [-0.3, -0.25) is 27.9 Å². The third-order valence-corrected chi connectivity index (χ3v) is 5.26. The van der Waals surface area contributed by atoms with Crippen LogP contribution in [0.5, 0.6) is 0 Å². The van der Waals surface area contributed by atoms with Gasteiger partial charge in [0.25, 0.3) is 11.1 Å². The Morgan fingerprint density at radius 1 is 0.697 bits per heavy atom. The SMILES string of the molecule is Cn1c(=O)c2c(ncn2CC(=O)OC(=O)Cn2cnc3c2c(=O)n(C)c(=O)n3C)n(C)c1=O. The van der Waals surface area contributed by atoms with Gasteiger partial charge in [-0.1, -0.05) is 0 Å². The Labute approximate surface area is 182 Å². The van der Waals surface area contributed by atoms with Crippen LogP contribution in [0.2, 0.25) is 0 Å². The lowest BCUT2D eigenvalue weighted by Gasteiger charge is -2.08. The molecule has 172 valence electrons. The summed E-state index contributed by atoms with van der Waals surface area (Å²) in [6, 6.07) is 0. The van der Waals surface area contributed by atoms with E-state index in [0.29, 0.717) is 0 Å². The molecule has 0 atom stereocenters. The first-order valence-electron chi connectivity index (χ1n) is 9.48. The van der Waals surface area contributed by atoms with Crippen molar-refractivity contribution >= 4 is 34.3 Å². The summed E-state index contributed by atoms with van der Waals surface area (Å²) in [5.74, 6) is -1.97. The molecule has 0 aliphatic carbocycles. The van der Waals surface area contributed by atoms with Crippen LogP contribution in [0.4, 0.5) is 0 Å². The van der Waals surface area contributed by atoms with Crippen LogP contribution in [-0.4, -0.2) is 49.3 Å². The maximum atomic E-state index is 12.4. The van der Waals surface area contributed by atoms with Crippen molar-refractivity contribution in [2.24, 2.45) is 28.2 Å². The summed E-state index contributed by atoms with van der Waals surface area (Å²) >= 11 is 0. The van der Waals surface area contributed by atoms with Crippen LogP contribution in [0.25, 0.3) is 22.3 Å². The molecular weight excluding hydrogens is 440 g/mol. The lowest BCUT2D eigenvalue weighted by Crippen LogP contribution is -2.38. The minimum Gasteiger partial charge on any atom is -0.390 e. The summed E-state index contributed by atoms with van der Waals surface area (Å²) in [5, 5.41) is 0. The molecule has 4 aromatic heterocycles. The zero-order chi connectivity index (χ0) is 24.2. The highest BCUT2D eigenvalue weighted by atomic mass is 16.6. The van der Waals surface area contributed by atoms with Crippen LogP contribution >= 0.6 is 0 Å². The number of imidazole rings is 2. The monoisotopic (exact) mass is 458 g/mol. The van der Waals surface area contributed by atoms with E-state index in [4.69, 9.17) is 4.74 Å². The second kappa shape index (κ2) is 7.54. The predicted molar refractivity (Wildman–Crippen MR) is 112 cm³/mol. The zero-order valence-corrected chi connectivity index (χ0v) is 18.0. The first kappa shape index (κ1) is 21.7. The Kier molecular flexibility index (Phi) is 4.95. The predicted octanol–water partition coefficient (Wildman–Crippen LogP) is -3.05. The van der Waals surface area contributed by atoms with Crippen molar-refractivity contribution in [3.8, 4) is 0 Å². The summed E-state index contributed by atoms with van der Waals surface area (Å²) in [4.78, 5) is 81.5. The molecule has 0 aliphatic heterocycles. The fourth-order valence-corrected chi connectivity index (χ4v) is 3.50. The fourth-order valence-electron chi connectivity index (χ4n) is 3.50. The van der Waals surface area contributed by atoms with Gasteiger partial charge in [-0.15, -0.1) is 0 Å². The van der Waals surface area contributed by atoms with Gasteiger partial charge in [-0.25, -0.2) is 29.1 Å². The number of esters is 2. The van der Waals surface area contributed by atoms with Gasteiger partial charge in [0.05, 0.1) is 12.7 Å². The molecule has 0 unspecified atom stereocenters. The van der Waals surface area contributed by atoms with E-state index in [9.17, 15) is 28.8 Å². The number of hydrogen-bond donors (Lipinski definition) is 0. The van der Waals surface area contributed by atoms with Crippen molar-refractivity contribution in [3.63, 3.8) is 0 Å². The van der Waals surface area contributed by atoms with Crippen LogP contribution < -0.4 is 22.5 Å². The lowest BCUT2D eigenvalue weighted by molar-refractivity contribution is -0.160. The molecular formula is C18H18N8O7. The Balaban J connectivity index is 1.57. The molecule has 0 N–H and O–H groups in total. The zero-order valence-electron chi connectivity index (χ0n) is 18.0. The van der Waals surface area contributed by atoms with Crippen molar-refractivity contribution in [3.05, 3.63) is 54.3 Å². The van der Waals surface area contributed by atoms with E-state index in [-0.39, 0.29) is 22.3 Å². The number of aryl methyl sites for hydroxylation is 2. The largest absolute Gasteiger partial charge is 0.390 e. The molecule has 4 heterocycles. The van der Waals surface area contributed by atoms with E-state index >= 15 is 0 Å². The lowest BCUT2D eigenvalue weighted by atomic mass is 10.4. The molecule has 0 saturated carbocycles. The number of carbonyl (C=O) groups excluding carboxylic acids is 2. The quantitative estimate of drug-likeness (QED) is 0.228. The van der Waals surface area contributed by atoms with E-state index < -0.39 is 47.5 Å². The average Bonchev–Trinajstić information content (AvgIpc) is 3.37. The van der Waals surface area contributed by atoms with Gasteiger partial charge >= 0.3 is 23.3 Å². The number of fused-ring (bicyclic) bond motifs is 2. The summed E-state index contributed by atoms with van der Waals surface area (Å²) in [6.45, 7) is -1.03. The molecule has 0 amide bonds.